The summed E-state index contributed by atoms with van der Waals surface area (Å²) < 4.78 is 0. The molecule has 0 spiro atoms. The lowest BCUT2D eigenvalue weighted by atomic mass is 10.2. The van der Waals surface area contributed by atoms with E-state index in [2.05, 4.69) is 16.0 Å². The molecule has 130 valence electrons. The highest BCUT2D eigenvalue weighted by atomic mass is 35.5. The number of nitrogens with zero attached hydrogens (tertiary/aromatic N) is 1. The predicted molar refractivity (Wildman–Crippen MR) is 97.1 cm³/mol. The van der Waals surface area contributed by atoms with Crippen LogP contribution in [0.15, 0.2) is 47.6 Å². The van der Waals surface area contributed by atoms with Crippen molar-refractivity contribution in [1.29, 1.82) is 0 Å². The second kappa shape index (κ2) is 9.27. The van der Waals surface area contributed by atoms with E-state index >= 15 is 0 Å². The zero-order valence-corrected chi connectivity index (χ0v) is 14.9. The zero-order chi connectivity index (χ0) is 18.2. The average molecular weight is 401 g/mol. The topological polar surface area (TPSA) is 79.8 Å². The van der Waals surface area contributed by atoms with E-state index in [0.717, 1.165) is 0 Å². The number of hydrogen-bond acceptors (Lipinski definition) is 4. The van der Waals surface area contributed by atoms with Crippen molar-refractivity contribution in [2.75, 3.05) is 6.61 Å². The normalized spacial score (nSPS) is 10.5. The molecule has 2 rings (SSSR count). The van der Waals surface area contributed by atoms with E-state index in [1.54, 1.807) is 30.3 Å². The molecule has 0 unspecified atom stereocenters. The Bertz CT molecular complexity index is 775. The number of rotatable bonds is 5. The van der Waals surface area contributed by atoms with Crippen LogP contribution < -0.4 is 10.9 Å². The second-order valence-corrected chi connectivity index (χ2v) is 5.90. The molecular formula is C16H12Cl3N3O3. The molecule has 0 fully saturated rings. The van der Waals surface area contributed by atoms with E-state index in [1.807, 2.05) is 0 Å². The molecule has 0 aliphatic rings. The molecule has 9 heteroatoms. The van der Waals surface area contributed by atoms with Crippen molar-refractivity contribution in [2.45, 2.75) is 0 Å². The van der Waals surface area contributed by atoms with Crippen LogP contribution in [0.2, 0.25) is 15.1 Å². The number of carbonyl (C=O) groups is 2. The molecule has 0 atom stereocenters. The SMILES string of the molecule is O=C(CO/N=C/c1c(Cl)cccc1Cl)NNC(=O)c1ccc(Cl)cc1. The molecule has 2 N–H and O–H groups in total. The van der Waals surface area contributed by atoms with Gasteiger partial charge in [0, 0.05) is 16.1 Å². The number of amides is 2. The maximum atomic E-state index is 11.8. The number of hydrazine groups is 1. The van der Waals surface area contributed by atoms with Gasteiger partial charge in [-0.1, -0.05) is 46.0 Å². The first kappa shape index (κ1) is 19.1. The third-order valence-corrected chi connectivity index (χ3v) is 3.78. The summed E-state index contributed by atoms with van der Waals surface area (Å²) in [5.41, 5.74) is 5.25. The van der Waals surface area contributed by atoms with Crippen LogP contribution in [0, 0.1) is 0 Å². The van der Waals surface area contributed by atoms with Gasteiger partial charge in [0.1, 0.15) is 0 Å². The lowest BCUT2D eigenvalue weighted by Crippen LogP contribution is -2.43. The van der Waals surface area contributed by atoms with Crippen molar-refractivity contribution in [1.82, 2.24) is 10.9 Å². The summed E-state index contributed by atoms with van der Waals surface area (Å²) in [4.78, 5) is 28.2. The highest BCUT2D eigenvalue weighted by Gasteiger charge is 2.07. The molecule has 0 aliphatic carbocycles. The van der Waals surface area contributed by atoms with Gasteiger partial charge in [-0.15, -0.1) is 0 Å². The lowest BCUT2D eigenvalue weighted by Gasteiger charge is -2.06. The summed E-state index contributed by atoms with van der Waals surface area (Å²) in [6, 6.07) is 11.2. The van der Waals surface area contributed by atoms with Gasteiger partial charge < -0.3 is 4.84 Å². The van der Waals surface area contributed by atoms with Gasteiger partial charge in [0.2, 0.25) is 0 Å². The summed E-state index contributed by atoms with van der Waals surface area (Å²) in [6.45, 7) is -0.403. The van der Waals surface area contributed by atoms with E-state index in [9.17, 15) is 9.59 Å². The Hall–Kier alpha value is -2.28. The van der Waals surface area contributed by atoms with Gasteiger partial charge in [-0.25, -0.2) is 0 Å². The van der Waals surface area contributed by atoms with Gasteiger partial charge >= 0.3 is 0 Å². The van der Waals surface area contributed by atoms with Crippen LogP contribution in [0.5, 0.6) is 0 Å². The number of oxime groups is 1. The molecule has 6 nitrogen and oxygen atoms in total. The number of benzene rings is 2. The number of carbonyl (C=O) groups excluding carboxylic acids is 2. The minimum atomic E-state index is -0.593. The van der Waals surface area contributed by atoms with Crippen LogP contribution in [0.3, 0.4) is 0 Å². The van der Waals surface area contributed by atoms with E-state index < -0.39 is 18.4 Å². The molecule has 2 amide bonds. The largest absolute Gasteiger partial charge is 0.386 e. The van der Waals surface area contributed by atoms with Gasteiger partial charge in [-0.05, 0) is 36.4 Å². The van der Waals surface area contributed by atoms with Crippen molar-refractivity contribution in [2.24, 2.45) is 5.16 Å². The fourth-order valence-electron chi connectivity index (χ4n) is 1.66. The molecule has 0 saturated carbocycles. The summed E-state index contributed by atoms with van der Waals surface area (Å²) in [5.74, 6) is -1.08. The first-order valence-corrected chi connectivity index (χ1v) is 8.05. The van der Waals surface area contributed by atoms with E-state index in [0.29, 0.717) is 26.2 Å². The number of halogens is 3. The Morgan fingerprint density at radius 3 is 2.28 bits per heavy atom. The Labute approximate surface area is 158 Å². The van der Waals surface area contributed by atoms with Gasteiger partial charge in [-0.2, -0.15) is 0 Å². The molecule has 0 saturated heterocycles. The van der Waals surface area contributed by atoms with E-state index in [1.165, 1.54) is 18.3 Å². The maximum absolute atomic E-state index is 11.8. The standard InChI is InChI=1S/C16H12Cl3N3O3/c17-11-6-4-10(5-7-11)16(24)22-21-15(23)9-25-20-8-12-13(18)2-1-3-14(12)19/h1-8H,9H2,(H,21,23)(H,22,24)/b20-8+. The van der Waals surface area contributed by atoms with E-state index in [-0.39, 0.29) is 0 Å². The van der Waals surface area contributed by atoms with Crippen LogP contribution >= 0.6 is 34.8 Å². The van der Waals surface area contributed by atoms with Gasteiger partial charge in [0.15, 0.2) is 6.61 Å². The molecule has 0 aromatic heterocycles. The summed E-state index contributed by atoms with van der Waals surface area (Å²) in [5, 5.41) is 4.93. The van der Waals surface area contributed by atoms with Crippen LogP contribution in [0.4, 0.5) is 0 Å². The van der Waals surface area contributed by atoms with Crippen molar-refractivity contribution in [3.8, 4) is 0 Å². The Morgan fingerprint density at radius 1 is 1.00 bits per heavy atom. The highest BCUT2D eigenvalue weighted by molar-refractivity contribution is 6.38. The molecule has 2 aromatic rings. The maximum Gasteiger partial charge on any atom is 0.279 e. The Balaban J connectivity index is 1.76. The summed E-state index contributed by atoms with van der Waals surface area (Å²) in [6.07, 6.45) is 1.30. The Kier molecular flexibility index (Phi) is 7.06. The quantitative estimate of drug-likeness (QED) is 0.596. The number of hydrogen-bond donors (Lipinski definition) is 2. The molecule has 2 aromatic carbocycles. The third-order valence-electron chi connectivity index (χ3n) is 2.87. The van der Waals surface area contributed by atoms with Gasteiger partial charge in [0.05, 0.1) is 16.3 Å². The molecule has 0 aliphatic heterocycles. The van der Waals surface area contributed by atoms with Crippen molar-refractivity contribution in [3.05, 3.63) is 68.7 Å². The molecular weight excluding hydrogens is 389 g/mol. The minimum Gasteiger partial charge on any atom is -0.386 e. The highest BCUT2D eigenvalue weighted by Crippen LogP contribution is 2.22. The molecule has 0 bridgehead atoms. The number of nitrogens with one attached hydrogen (secondary N) is 2. The first-order chi connectivity index (χ1) is 12.0. The monoisotopic (exact) mass is 399 g/mol. The first-order valence-electron chi connectivity index (χ1n) is 6.91. The molecule has 25 heavy (non-hydrogen) atoms. The second-order valence-electron chi connectivity index (χ2n) is 4.65. The van der Waals surface area contributed by atoms with Crippen molar-refractivity contribution >= 4 is 52.8 Å². The summed E-state index contributed by atoms with van der Waals surface area (Å²) >= 11 is 17.6. The van der Waals surface area contributed by atoms with Crippen LogP contribution in [0.1, 0.15) is 15.9 Å². The van der Waals surface area contributed by atoms with Crippen LogP contribution in [0.25, 0.3) is 0 Å². The minimum absolute atomic E-state index is 0.344. The predicted octanol–water partition coefficient (Wildman–Crippen LogP) is 3.46. The smallest absolute Gasteiger partial charge is 0.279 e. The van der Waals surface area contributed by atoms with Crippen molar-refractivity contribution in [3.63, 3.8) is 0 Å². The average Bonchev–Trinajstić information content (AvgIpc) is 2.59. The van der Waals surface area contributed by atoms with E-state index in [4.69, 9.17) is 39.6 Å². The Morgan fingerprint density at radius 2 is 1.64 bits per heavy atom. The lowest BCUT2D eigenvalue weighted by molar-refractivity contribution is -0.126. The molecule has 0 radical (unpaired) electrons. The zero-order valence-electron chi connectivity index (χ0n) is 12.6. The molecule has 0 heterocycles. The van der Waals surface area contributed by atoms with Gasteiger partial charge in [0.25, 0.3) is 11.8 Å². The fourth-order valence-corrected chi connectivity index (χ4v) is 2.28. The van der Waals surface area contributed by atoms with Crippen molar-refractivity contribution < 1.29 is 14.4 Å². The summed E-state index contributed by atoms with van der Waals surface area (Å²) in [7, 11) is 0. The fraction of sp³-hybridized carbons (Fsp3) is 0.0625. The van der Waals surface area contributed by atoms with Crippen LogP contribution in [-0.4, -0.2) is 24.6 Å². The third kappa shape index (κ3) is 5.94. The van der Waals surface area contributed by atoms with Gasteiger partial charge in [-0.3, -0.25) is 20.4 Å². The van der Waals surface area contributed by atoms with Crippen LogP contribution in [-0.2, 0) is 9.63 Å².